The zero-order valence-electron chi connectivity index (χ0n) is 25.2. The van der Waals surface area contributed by atoms with Crippen LogP contribution in [0, 0.1) is 20.8 Å². The Hall–Kier alpha value is -3.07. The van der Waals surface area contributed by atoms with Crippen LogP contribution >= 0.6 is 23.2 Å². The van der Waals surface area contributed by atoms with Crippen molar-refractivity contribution in [1.29, 1.82) is 0 Å². The number of sulfonamides is 1. The highest BCUT2D eigenvalue weighted by molar-refractivity contribution is 7.92. The molecule has 0 aromatic heterocycles. The van der Waals surface area contributed by atoms with Crippen LogP contribution in [0.5, 0.6) is 0 Å². The molecule has 10 heteroatoms. The molecule has 0 aliphatic heterocycles. The standard InChI is InChI=1S/C32H39Cl2N3O4S/c1-8-29(31(39)35-32(5,6)7)36(19-24-11-14-27(33)28(34)18-24)30(38)20-37(25-16-22(3)15-23(4)17-25)42(40,41)26-12-9-21(2)10-13-26/h9-18,29H,8,19-20H2,1-7H3,(H,35,39). The van der Waals surface area contributed by atoms with Crippen LogP contribution in [0.4, 0.5) is 5.69 Å². The highest BCUT2D eigenvalue weighted by atomic mass is 35.5. The number of carbonyl (C=O) groups excluding carboxylic acids is 2. The van der Waals surface area contributed by atoms with Crippen molar-refractivity contribution in [3.05, 3.63) is 93.0 Å². The van der Waals surface area contributed by atoms with Gasteiger partial charge in [0.15, 0.2) is 0 Å². The number of hydrogen-bond acceptors (Lipinski definition) is 4. The van der Waals surface area contributed by atoms with Crippen molar-refractivity contribution in [2.75, 3.05) is 10.8 Å². The number of aryl methyl sites for hydroxylation is 3. The molecule has 3 aromatic rings. The van der Waals surface area contributed by atoms with Gasteiger partial charge in [0.25, 0.3) is 10.0 Å². The summed E-state index contributed by atoms with van der Waals surface area (Å²) in [5.74, 6) is -0.871. The van der Waals surface area contributed by atoms with Gasteiger partial charge in [0.1, 0.15) is 12.6 Å². The van der Waals surface area contributed by atoms with E-state index >= 15 is 0 Å². The van der Waals surface area contributed by atoms with Gasteiger partial charge in [0, 0.05) is 12.1 Å². The van der Waals surface area contributed by atoms with Gasteiger partial charge >= 0.3 is 0 Å². The molecule has 2 amide bonds. The second kappa shape index (κ2) is 13.5. The van der Waals surface area contributed by atoms with E-state index in [1.807, 2.05) is 54.5 Å². The second-order valence-electron chi connectivity index (χ2n) is 11.6. The lowest BCUT2D eigenvalue weighted by Crippen LogP contribution is -2.55. The molecule has 3 rings (SSSR count). The Labute approximate surface area is 259 Å². The summed E-state index contributed by atoms with van der Waals surface area (Å²) in [4.78, 5) is 29.2. The molecule has 1 atom stereocenters. The molecule has 0 saturated carbocycles. The zero-order valence-corrected chi connectivity index (χ0v) is 27.5. The summed E-state index contributed by atoms with van der Waals surface area (Å²) >= 11 is 12.4. The minimum absolute atomic E-state index is 0.0249. The molecule has 1 N–H and O–H groups in total. The van der Waals surface area contributed by atoms with Crippen LogP contribution < -0.4 is 9.62 Å². The van der Waals surface area contributed by atoms with Gasteiger partial charge in [-0.3, -0.25) is 13.9 Å². The predicted molar refractivity (Wildman–Crippen MR) is 171 cm³/mol. The van der Waals surface area contributed by atoms with Crippen molar-refractivity contribution in [2.24, 2.45) is 0 Å². The van der Waals surface area contributed by atoms with Crippen molar-refractivity contribution < 1.29 is 18.0 Å². The highest BCUT2D eigenvalue weighted by Gasteiger charge is 2.34. The number of nitrogens with one attached hydrogen (secondary N) is 1. The van der Waals surface area contributed by atoms with Crippen LogP contribution in [0.25, 0.3) is 0 Å². The first-order valence-electron chi connectivity index (χ1n) is 13.7. The van der Waals surface area contributed by atoms with Crippen molar-refractivity contribution in [3.63, 3.8) is 0 Å². The van der Waals surface area contributed by atoms with E-state index in [0.29, 0.717) is 27.7 Å². The van der Waals surface area contributed by atoms with E-state index < -0.39 is 34.1 Å². The Morgan fingerprint density at radius 2 is 1.45 bits per heavy atom. The van der Waals surface area contributed by atoms with Gasteiger partial charge in [-0.15, -0.1) is 0 Å². The van der Waals surface area contributed by atoms with Gasteiger partial charge in [-0.05, 0) is 101 Å². The average molecular weight is 633 g/mol. The maximum absolute atomic E-state index is 14.2. The van der Waals surface area contributed by atoms with E-state index in [4.69, 9.17) is 23.2 Å². The largest absolute Gasteiger partial charge is 0.350 e. The number of carbonyl (C=O) groups is 2. The smallest absolute Gasteiger partial charge is 0.264 e. The fraction of sp³-hybridized carbons (Fsp3) is 0.375. The summed E-state index contributed by atoms with van der Waals surface area (Å²) in [5.41, 5.74) is 3.09. The fourth-order valence-corrected chi connectivity index (χ4v) is 6.39. The SMILES string of the molecule is CCC(C(=O)NC(C)(C)C)N(Cc1ccc(Cl)c(Cl)c1)C(=O)CN(c1cc(C)cc(C)c1)S(=O)(=O)c1ccc(C)cc1. The fourth-order valence-electron chi connectivity index (χ4n) is 4.67. The molecule has 0 aliphatic rings. The summed E-state index contributed by atoms with van der Waals surface area (Å²) in [5, 5.41) is 3.64. The minimum atomic E-state index is -4.15. The van der Waals surface area contributed by atoms with E-state index in [-0.39, 0.29) is 17.3 Å². The molecule has 0 aliphatic carbocycles. The molecular formula is C32H39Cl2N3O4S. The number of amides is 2. The van der Waals surface area contributed by atoms with Crippen LogP contribution in [-0.2, 0) is 26.2 Å². The summed E-state index contributed by atoms with van der Waals surface area (Å²) < 4.78 is 29.3. The summed E-state index contributed by atoms with van der Waals surface area (Å²) in [7, 11) is -4.15. The molecule has 0 saturated heterocycles. The first kappa shape index (κ1) is 33.4. The topological polar surface area (TPSA) is 86.8 Å². The third-order valence-electron chi connectivity index (χ3n) is 6.60. The van der Waals surface area contributed by atoms with Gasteiger partial charge in [-0.25, -0.2) is 8.42 Å². The summed E-state index contributed by atoms with van der Waals surface area (Å²) in [6.45, 7) is 12.5. The van der Waals surface area contributed by atoms with Crippen molar-refractivity contribution in [2.45, 2.75) is 77.9 Å². The molecule has 0 bridgehead atoms. The lowest BCUT2D eigenvalue weighted by molar-refractivity contribution is -0.141. The second-order valence-corrected chi connectivity index (χ2v) is 14.3. The van der Waals surface area contributed by atoms with Crippen LogP contribution in [0.3, 0.4) is 0 Å². The normalized spacial score (nSPS) is 12.5. The summed E-state index contributed by atoms with van der Waals surface area (Å²) in [6.07, 6.45) is 0.309. The average Bonchev–Trinajstić information content (AvgIpc) is 2.87. The maximum atomic E-state index is 14.2. The van der Waals surface area contributed by atoms with Crippen molar-refractivity contribution >= 4 is 50.7 Å². The number of nitrogens with zero attached hydrogens (tertiary/aromatic N) is 2. The van der Waals surface area contributed by atoms with Gasteiger partial charge in [-0.2, -0.15) is 0 Å². The molecule has 0 spiro atoms. The van der Waals surface area contributed by atoms with Gasteiger partial charge < -0.3 is 10.2 Å². The number of benzene rings is 3. The van der Waals surface area contributed by atoms with Crippen molar-refractivity contribution in [1.82, 2.24) is 10.2 Å². The molecular weight excluding hydrogens is 593 g/mol. The Balaban J connectivity index is 2.12. The molecule has 7 nitrogen and oxygen atoms in total. The van der Waals surface area contributed by atoms with E-state index in [1.54, 1.807) is 42.5 Å². The third-order valence-corrected chi connectivity index (χ3v) is 9.13. The minimum Gasteiger partial charge on any atom is -0.350 e. The molecule has 0 radical (unpaired) electrons. The third kappa shape index (κ3) is 8.49. The van der Waals surface area contributed by atoms with Crippen molar-refractivity contribution in [3.8, 4) is 0 Å². The summed E-state index contributed by atoms with van der Waals surface area (Å²) in [6, 6.07) is 16.0. The lowest BCUT2D eigenvalue weighted by atomic mass is 10.1. The number of anilines is 1. The van der Waals surface area contributed by atoms with Crippen LogP contribution in [0.1, 0.15) is 56.4 Å². The van der Waals surface area contributed by atoms with Gasteiger partial charge in [0.05, 0.1) is 20.6 Å². The highest BCUT2D eigenvalue weighted by Crippen LogP contribution is 2.28. The molecule has 226 valence electrons. The van der Waals surface area contributed by atoms with Gasteiger partial charge in [-0.1, -0.05) is 60.0 Å². The predicted octanol–water partition coefficient (Wildman–Crippen LogP) is 6.84. The Bertz CT molecular complexity index is 1530. The first-order chi connectivity index (χ1) is 19.5. The number of rotatable bonds is 10. The molecule has 42 heavy (non-hydrogen) atoms. The Morgan fingerprint density at radius 3 is 1.98 bits per heavy atom. The molecule has 1 unspecified atom stereocenters. The maximum Gasteiger partial charge on any atom is 0.264 e. The van der Waals surface area contributed by atoms with Crippen LogP contribution in [0.15, 0.2) is 65.6 Å². The van der Waals surface area contributed by atoms with Crippen LogP contribution in [0.2, 0.25) is 10.0 Å². The molecule has 0 fully saturated rings. The number of hydrogen-bond donors (Lipinski definition) is 1. The molecule has 3 aromatic carbocycles. The lowest BCUT2D eigenvalue weighted by Gasteiger charge is -2.35. The van der Waals surface area contributed by atoms with E-state index in [9.17, 15) is 18.0 Å². The quantitative estimate of drug-likeness (QED) is 0.265. The number of halogens is 2. The zero-order chi connectivity index (χ0) is 31.4. The van der Waals surface area contributed by atoms with E-state index in [1.165, 1.54) is 17.0 Å². The monoisotopic (exact) mass is 631 g/mol. The Morgan fingerprint density at radius 1 is 0.857 bits per heavy atom. The first-order valence-corrected chi connectivity index (χ1v) is 15.9. The van der Waals surface area contributed by atoms with E-state index in [2.05, 4.69) is 5.32 Å². The van der Waals surface area contributed by atoms with Crippen LogP contribution in [-0.4, -0.2) is 43.3 Å². The van der Waals surface area contributed by atoms with Gasteiger partial charge in [0.2, 0.25) is 11.8 Å². The molecule has 0 heterocycles. The Kier molecular flexibility index (Phi) is 10.7. The van der Waals surface area contributed by atoms with E-state index in [0.717, 1.165) is 21.0 Å².